The number of fused-ring (bicyclic) bond motifs is 4. The molecule has 8 nitrogen and oxygen atoms in total. The van der Waals surface area contributed by atoms with Gasteiger partial charge in [0.25, 0.3) is 0 Å². The summed E-state index contributed by atoms with van der Waals surface area (Å²) in [4.78, 5) is 18.2. The van der Waals surface area contributed by atoms with Crippen LogP contribution in [0.3, 0.4) is 0 Å². The van der Waals surface area contributed by atoms with E-state index in [9.17, 15) is 10.1 Å². The maximum absolute atomic E-state index is 14.2. The van der Waals surface area contributed by atoms with E-state index < -0.39 is 12.1 Å². The zero-order chi connectivity index (χ0) is 25.0. The predicted octanol–water partition coefficient (Wildman–Crippen LogP) is 3.43. The first-order valence-corrected chi connectivity index (χ1v) is 11.9. The molecule has 5 atom stereocenters. The van der Waals surface area contributed by atoms with Crippen molar-refractivity contribution in [3.63, 3.8) is 0 Å². The minimum atomic E-state index is -0.497. The molecule has 0 N–H and O–H groups in total. The lowest BCUT2D eigenvalue weighted by atomic mass is 9.77. The Bertz CT molecular complexity index is 1220. The van der Waals surface area contributed by atoms with E-state index in [1.807, 2.05) is 43.0 Å². The van der Waals surface area contributed by atoms with Gasteiger partial charge in [0.1, 0.15) is 29.0 Å². The Labute approximate surface area is 205 Å². The number of carbonyl (C=O) groups is 1. The van der Waals surface area contributed by atoms with Crippen LogP contribution in [0.25, 0.3) is 0 Å². The molecule has 2 aromatic rings. The smallest absolute Gasteiger partial charge is 0.241 e. The molecular formula is C27H31N3O5. The summed E-state index contributed by atoms with van der Waals surface area (Å²) in [6.07, 6.45) is 0.969. The van der Waals surface area contributed by atoms with Gasteiger partial charge in [-0.25, -0.2) is 0 Å². The van der Waals surface area contributed by atoms with E-state index in [1.165, 1.54) is 0 Å². The normalized spacial score (nSPS) is 27.1. The maximum atomic E-state index is 14.2. The summed E-state index contributed by atoms with van der Waals surface area (Å²) >= 11 is 0. The molecule has 1 fully saturated rings. The van der Waals surface area contributed by atoms with E-state index in [4.69, 9.17) is 18.9 Å². The van der Waals surface area contributed by atoms with Crippen molar-refractivity contribution in [3.8, 4) is 29.1 Å². The van der Waals surface area contributed by atoms with Crippen molar-refractivity contribution in [2.45, 2.75) is 56.9 Å². The van der Waals surface area contributed by atoms with Gasteiger partial charge in [0.15, 0.2) is 0 Å². The Hall–Kier alpha value is -3.44. The Balaban J connectivity index is 1.66. The van der Waals surface area contributed by atoms with Gasteiger partial charge in [0.2, 0.25) is 5.91 Å². The lowest BCUT2D eigenvalue weighted by Crippen LogP contribution is -2.69. The molecule has 8 heteroatoms. The van der Waals surface area contributed by atoms with Crippen molar-refractivity contribution in [2.75, 3.05) is 28.4 Å². The summed E-state index contributed by atoms with van der Waals surface area (Å²) in [5.41, 5.74) is 3.89. The molecule has 1 amide bonds. The van der Waals surface area contributed by atoms with Crippen LogP contribution in [0.2, 0.25) is 0 Å². The quantitative estimate of drug-likeness (QED) is 0.667. The maximum Gasteiger partial charge on any atom is 0.241 e. The molecule has 0 saturated carbocycles. The van der Waals surface area contributed by atoms with Gasteiger partial charge in [-0.05, 0) is 44.5 Å². The molecule has 0 bridgehead atoms. The first-order chi connectivity index (χ1) is 16.9. The van der Waals surface area contributed by atoms with Crippen molar-refractivity contribution in [2.24, 2.45) is 0 Å². The first-order valence-electron chi connectivity index (χ1n) is 11.9. The fourth-order valence-corrected chi connectivity index (χ4v) is 6.56. The van der Waals surface area contributed by atoms with Crippen LogP contribution in [0.5, 0.6) is 23.0 Å². The number of rotatable bonds is 4. The summed E-state index contributed by atoms with van der Waals surface area (Å²) < 4.78 is 22.7. The Morgan fingerprint density at radius 2 is 1.29 bits per heavy atom. The van der Waals surface area contributed by atoms with Gasteiger partial charge < -0.3 is 23.8 Å². The van der Waals surface area contributed by atoms with Gasteiger partial charge in [0, 0.05) is 34.7 Å². The summed E-state index contributed by atoms with van der Waals surface area (Å²) in [5.74, 6) is 2.98. The molecule has 0 radical (unpaired) electrons. The van der Waals surface area contributed by atoms with Crippen molar-refractivity contribution >= 4 is 5.91 Å². The zero-order valence-electron chi connectivity index (χ0n) is 21.0. The van der Waals surface area contributed by atoms with E-state index in [0.717, 1.165) is 45.3 Å². The molecule has 5 rings (SSSR count). The van der Waals surface area contributed by atoms with Gasteiger partial charge in [-0.1, -0.05) is 0 Å². The summed E-state index contributed by atoms with van der Waals surface area (Å²) in [5, 5.41) is 10.5. The third-order valence-electron chi connectivity index (χ3n) is 8.01. The number of nitriles is 1. The van der Waals surface area contributed by atoms with Gasteiger partial charge >= 0.3 is 0 Å². The zero-order valence-corrected chi connectivity index (χ0v) is 21.0. The predicted molar refractivity (Wildman–Crippen MR) is 129 cm³/mol. The number of carbonyl (C=O) groups excluding carboxylic acids is 1. The highest BCUT2D eigenvalue weighted by Gasteiger charge is 2.55. The van der Waals surface area contributed by atoms with E-state index in [2.05, 4.69) is 11.0 Å². The van der Waals surface area contributed by atoms with Crippen LogP contribution < -0.4 is 18.9 Å². The third kappa shape index (κ3) is 3.18. The highest BCUT2D eigenvalue weighted by molar-refractivity contribution is 5.86. The van der Waals surface area contributed by atoms with Crippen molar-refractivity contribution in [1.82, 2.24) is 9.80 Å². The average molecular weight is 478 g/mol. The number of hydrogen-bond acceptors (Lipinski definition) is 7. The van der Waals surface area contributed by atoms with E-state index in [1.54, 1.807) is 28.4 Å². The first kappa shape index (κ1) is 23.3. The molecule has 0 aromatic heterocycles. The number of amides is 1. The second-order valence-corrected chi connectivity index (χ2v) is 9.33. The van der Waals surface area contributed by atoms with Crippen LogP contribution in [-0.4, -0.2) is 62.3 Å². The largest absolute Gasteiger partial charge is 0.496 e. The molecule has 0 aliphatic carbocycles. The van der Waals surface area contributed by atoms with E-state index >= 15 is 0 Å². The Kier molecular flexibility index (Phi) is 5.76. The highest BCUT2D eigenvalue weighted by atomic mass is 16.5. The van der Waals surface area contributed by atoms with E-state index in [0.29, 0.717) is 12.8 Å². The van der Waals surface area contributed by atoms with Crippen molar-refractivity contribution in [3.05, 3.63) is 46.5 Å². The molecule has 0 spiro atoms. The van der Waals surface area contributed by atoms with Crippen LogP contribution in [0.15, 0.2) is 24.3 Å². The molecule has 2 aromatic carbocycles. The summed E-state index contributed by atoms with van der Waals surface area (Å²) in [6.45, 7) is 4.06. The number of hydrogen-bond donors (Lipinski definition) is 0. The standard InChI is InChI=1S/C27H31N3O5/c1-14-25-17(22(33-4)8-9-23(25)34-5)12-19-27(31)30-15(2)26-16(11-18(30)20(13-28)29(14)19)21(32-3)7-10-24(26)35-6/h7-10,14-15,18-20H,11-12H2,1-6H3/t14-,15-,18+,19+,20?/m0/s1. The van der Waals surface area contributed by atoms with Crippen LogP contribution >= 0.6 is 0 Å². The van der Waals surface area contributed by atoms with Gasteiger partial charge in [-0.2, -0.15) is 5.26 Å². The Morgan fingerprint density at radius 3 is 1.80 bits per heavy atom. The summed E-state index contributed by atoms with van der Waals surface area (Å²) in [7, 11) is 6.56. The SMILES string of the molecule is COc1ccc(OC)c2c1C[C@@H]1C(C#N)N3[C@H](Cc4c(OC)ccc(OC)c4[C@@H]3C)C(=O)N1[C@H]2C. The number of nitrogens with zero attached hydrogens (tertiary/aromatic N) is 3. The second kappa shape index (κ2) is 8.65. The van der Waals surface area contributed by atoms with Crippen molar-refractivity contribution in [1.29, 1.82) is 5.26 Å². The van der Waals surface area contributed by atoms with Crippen LogP contribution in [0, 0.1) is 11.3 Å². The molecule has 1 saturated heterocycles. The van der Waals surface area contributed by atoms with E-state index in [-0.39, 0.29) is 24.0 Å². The van der Waals surface area contributed by atoms with Gasteiger partial charge in [0.05, 0.1) is 52.6 Å². The minimum Gasteiger partial charge on any atom is -0.496 e. The Morgan fingerprint density at radius 1 is 0.800 bits per heavy atom. The number of benzene rings is 2. The van der Waals surface area contributed by atoms with Crippen LogP contribution in [0.4, 0.5) is 0 Å². The monoisotopic (exact) mass is 477 g/mol. The minimum absolute atomic E-state index is 0.0203. The second-order valence-electron chi connectivity index (χ2n) is 9.33. The van der Waals surface area contributed by atoms with Crippen LogP contribution in [-0.2, 0) is 17.6 Å². The average Bonchev–Trinajstić information content (AvgIpc) is 2.88. The number of piperazine rings is 1. The fraction of sp³-hybridized carbons (Fsp3) is 0.481. The molecule has 35 heavy (non-hydrogen) atoms. The molecule has 3 aliphatic rings. The highest BCUT2D eigenvalue weighted by Crippen LogP contribution is 2.50. The van der Waals surface area contributed by atoms with Crippen molar-refractivity contribution < 1.29 is 23.7 Å². The topological polar surface area (TPSA) is 84.3 Å². The molecular weight excluding hydrogens is 446 g/mol. The molecule has 184 valence electrons. The van der Waals surface area contributed by atoms with Gasteiger partial charge in [-0.3, -0.25) is 9.69 Å². The van der Waals surface area contributed by atoms with Crippen LogP contribution in [0.1, 0.15) is 48.2 Å². The summed E-state index contributed by atoms with van der Waals surface area (Å²) in [6, 6.07) is 8.37. The molecule has 3 aliphatic heterocycles. The lowest BCUT2D eigenvalue weighted by Gasteiger charge is -2.56. The fourth-order valence-electron chi connectivity index (χ4n) is 6.56. The van der Waals surface area contributed by atoms with Gasteiger partial charge in [-0.15, -0.1) is 0 Å². The molecule has 1 unspecified atom stereocenters. The lowest BCUT2D eigenvalue weighted by molar-refractivity contribution is -0.157. The number of ether oxygens (including phenoxy) is 4. The number of methoxy groups -OCH3 is 4. The molecule has 3 heterocycles. The third-order valence-corrected chi connectivity index (χ3v) is 8.01.